The summed E-state index contributed by atoms with van der Waals surface area (Å²) in [5, 5.41) is 9.22. The molecule has 0 bridgehead atoms. The number of methoxy groups -OCH3 is 1. The predicted molar refractivity (Wildman–Crippen MR) is 57.0 cm³/mol. The zero-order valence-electron chi connectivity index (χ0n) is 9.21. The molecule has 0 aliphatic heterocycles. The van der Waals surface area contributed by atoms with Gasteiger partial charge in [-0.05, 0) is 25.0 Å². The highest BCUT2D eigenvalue weighted by Gasteiger charge is 2.31. The van der Waals surface area contributed by atoms with Crippen molar-refractivity contribution in [1.82, 2.24) is 0 Å². The van der Waals surface area contributed by atoms with Crippen molar-refractivity contribution in [3.8, 4) is 11.5 Å². The molecule has 16 heavy (non-hydrogen) atoms. The summed E-state index contributed by atoms with van der Waals surface area (Å²) < 4.78 is 30.2. The first kappa shape index (κ1) is 12.7. The first-order valence-corrected chi connectivity index (χ1v) is 4.79. The van der Waals surface area contributed by atoms with Crippen LogP contribution in [0.2, 0.25) is 0 Å². The van der Waals surface area contributed by atoms with Gasteiger partial charge in [-0.25, -0.2) is 8.78 Å². The molecule has 0 aliphatic rings. The first-order valence-electron chi connectivity index (χ1n) is 4.79. The lowest BCUT2D eigenvalue weighted by atomic mass is 9.94. The van der Waals surface area contributed by atoms with Crippen molar-refractivity contribution in [3.63, 3.8) is 0 Å². The van der Waals surface area contributed by atoms with Gasteiger partial charge in [0.05, 0.1) is 12.6 Å². The van der Waals surface area contributed by atoms with E-state index in [-0.39, 0.29) is 12.2 Å². The van der Waals surface area contributed by atoms with E-state index < -0.39 is 12.0 Å². The number of hydrogen-bond acceptors (Lipinski definition) is 3. The van der Waals surface area contributed by atoms with E-state index in [2.05, 4.69) is 0 Å². The number of ether oxygens (including phenoxy) is 1. The Balaban J connectivity index is 2.97. The molecule has 0 radical (unpaired) electrons. The summed E-state index contributed by atoms with van der Waals surface area (Å²) >= 11 is 0. The number of rotatable bonds is 4. The standard InChI is InChI=1S/C11H15F2NO2/c1-11(14,10(12)13)6-7-3-4-8(15)5-9(7)16-2/h3-5,10,15H,6,14H2,1-2H3. The van der Waals surface area contributed by atoms with Crippen LogP contribution in [0.15, 0.2) is 18.2 Å². The minimum absolute atomic E-state index is 0.0197. The van der Waals surface area contributed by atoms with Crippen LogP contribution in [0.1, 0.15) is 12.5 Å². The van der Waals surface area contributed by atoms with E-state index in [1.54, 1.807) is 0 Å². The minimum atomic E-state index is -2.62. The van der Waals surface area contributed by atoms with Crippen LogP contribution in [0.25, 0.3) is 0 Å². The van der Waals surface area contributed by atoms with Crippen LogP contribution in [0.4, 0.5) is 8.78 Å². The number of phenols is 1. The smallest absolute Gasteiger partial charge is 0.256 e. The number of benzene rings is 1. The Bertz CT molecular complexity index is 367. The normalized spacial score (nSPS) is 14.9. The molecular weight excluding hydrogens is 216 g/mol. The molecule has 0 aromatic heterocycles. The molecule has 90 valence electrons. The molecule has 1 rings (SSSR count). The average molecular weight is 231 g/mol. The highest BCUT2D eigenvalue weighted by molar-refractivity contribution is 5.41. The topological polar surface area (TPSA) is 55.5 Å². The number of nitrogens with two attached hydrogens (primary N) is 1. The van der Waals surface area contributed by atoms with Gasteiger partial charge in [0.2, 0.25) is 0 Å². The molecule has 0 spiro atoms. The van der Waals surface area contributed by atoms with Crippen molar-refractivity contribution < 1.29 is 18.6 Å². The van der Waals surface area contributed by atoms with Crippen molar-refractivity contribution in [2.45, 2.75) is 25.3 Å². The van der Waals surface area contributed by atoms with E-state index in [1.165, 1.54) is 32.2 Å². The number of aromatic hydroxyl groups is 1. The molecule has 3 nitrogen and oxygen atoms in total. The van der Waals surface area contributed by atoms with Crippen LogP contribution in [0.3, 0.4) is 0 Å². The summed E-state index contributed by atoms with van der Waals surface area (Å²) in [6.45, 7) is 1.28. The highest BCUT2D eigenvalue weighted by Crippen LogP contribution is 2.28. The maximum atomic E-state index is 12.6. The molecule has 0 saturated carbocycles. The van der Waals surface area contributed by atoms with E-state index in [0.717, 1.165) is 0 Å². The van der Waals surface area contributed by atoms with Crippen molar-refractivity contribution in [1.29, 1.82) is 0 Å². The fraction of sp³-hybridized carbons (Fsp3) is 0.455. The Hall–Kier alpha value is -1.36. The van der Waals surface area contributed by atoms with Gasteiger partial charge in [0, 0.05) is 6.07 Å². The zero-order valence-corrected chi connectivity index (χ0v) is 9.21. The molecule has 3 N–H and O–H groups in total. The van der Waals surface area contributed by atoms with Crippen LogP contribution in [-0.2, 0) is 6.42 Å². The third kappa shape index (κ3) is 2.82. The van der Waals surface area contributed by atoms with E-state index in [9.17, 15) is 13.9 Å². The first-order chi connectivity index (χ1) is 7.36. The average Bonchev–Trinajstić information content (AvgIpc) is 2.20. The molecule has 1 unspecified atom stereocenters. The van der Waals surface area contributed by atoms with Crippen LogP contribution in [0, 0.1) is 0 Å². The molecule has 1 atom stereocenters. The third-order valence-electron chi connectivity index (χ3n) is 2.34. The molecule has 1 aromatic carbocycles. The molecule has 5 heteroatoms. The highest BCUT2D eigenvalue weighted by atomic mass is 19.3. The molecule has 0 aliphatic carbocycles. The summed E-state index contributed by atoms with van der Waals surface area (Å²) in [5.41, 5.74) is 4.43. The molecule has 1 aromatic rings. The van der Waals surface area contributed by atoms with Gasteiger partial charge in [-0.15, -0.1) is 0 Å². The second-order valence-corrected chi connectivity index (χ2v) is 3.98. The largest absolute Gasteiger partial charge is 0.508 e. The molecule has 0 saturated heterocycles. The van der Waals surface area contributed by atoms with Gasteiger partial charge in [0.1, 0.15) is 11.5 Å². The number of halogens is 2. The maximum Gasteiger partial charge on any atom is 0.256 e. The number of alkyl halides is 2. The summed E-state index contributed by atoms with van der Waals surface area (Å²) in [6, 6.07) is 4.32. The van der Waals surface area contributed by atoms with Gasteiger partial charge < -0.3 is 15.6 Å². The van der Waals surface area contributed by atoms with Crippen LogP contribution < -0.4 is 10.5 Å². The minimum Gasteiger partial charge on any atom is -0.508 e. The fourth-order valence-corrected chi connectivity index (χ4v) is 1.37. The summed E-state index contributed by atoms with van der Waals surface area (Å²) in [4.78, 5) is 0. The SMILES string of the molecule is COc1cc(O)ccc1CC(C)(N)C(F)F. The van der Waals surface area contributed by atoms with Gasteiger partial charge >= 0.3 is 0 Å². The van der Waals surface area contributed by atoms with Gasteiger partial charge in [0.15, 0.2) is 0 Å². The Morgan fingerprint density at radius 2 is 2.12 bits per heavy atom. The second-order valence-electron chi connectivity index (χ2n) is 3.98. The lowest BCUT2D eigenvalue weighted by Crippen LogP contribution is -2.45. The fourth-order valence-electron chi connectivity index (χ4n) is 1.37. The number of hydrogen-bond donors (Lipinski definition) is 2. The van der Waals surface area contributed by atoms with Crippen LogP contribution in [0.5, 0.6) is 11.5 Å². The Labute approximate surface area is 92.8 Å². The van der Waals surface area contributed by atoms with E-state index in [4.69, 9.17) is 10.5 Å². The van der Waals surface area contributed by atoms with Crippen LogP contribution in [-0.4, -0.2) is 24.2 Å². The van der Waals surface area contributed by atoms with Crippen molar-refractivity contribution >= 4 is 0 Å². The summed E-state index contributed by atoms with van der Waals surface area (Å²) in [6.07, 6.45) is -2.64. The van der Waals surface area contributed by atoms with Crippen LogP contribution >= 0.6 is 0 Å². The monoisotopic (exact) mass is 231 g/mol. The lowest BCUT2D eigenvalue weighted by molar-refractivity contribution is 0.0636. The van der Waals surface area contributed by atoms with Gasteiger partial charge in [-0.3, -0.25) is 0 Å². The Morgan fingerprint density at radius 1 is 1.50 bits per heavy atom. The van der Waals surface area contributed by atoms with E-state index in [0.29, 0.717) is 11.3 Å². The van der Waals surface area contributed by atoms with Crippen molar-refractivity contribution in [2.75, 3.05) is 7.11 Å². The Morgan fingerprint density at radius 3 is 2.62 bits per heavy atom. The lowest BCUT2D eigenvalue weighted by Gasteiger charge is -2.24. The van der Waals surface area contributed by atoms with E-state index in [1.807, 2.05) is 0 Å². The van der Waals surface area contributed by atoms with Gasteiger partial charge in [0.25, 0.3) is 6.43 Å². The zero-order chi connectivity index (χ0) is 12.3. The maximum absolute atomic E-state index is 12.6. The third-order valence-corrected chi connectivity index (χ3v) is 2.34. The predicted octanol–water partition coefficient (Wildman–Crippen LogP) is 1.93. The molecule has 0 heterocycles. The molecule has 0 fully saturated rings. The Kier molecular flexibility index (Phi) is 3.70. The van der Waals surface area contributed by atoms with Crippen molar-refractivity contribution in [3.05, 3.63) is 23.8 Å². The second kappa shape index (κ2) is 4.65. The number of phenolic OH excluding ortho intramolecular Hbond substituents is 1. The quantitative estimate of drug-likeness (QED) is 0.832. The molecular formula is C11H15F2NO2. The summed E-state index contributed by atoms with van der Waals surface area (Å²) in [7, 11) is 1.41. The molecule has 0 amide bonds. The van der Waals surface area contributed by atoms with Gasteiger partial charge in [-0.1, -0.05) is 6.07 Å². The summed E-state index contributed by atoms with van der Waals surface area (Å²) in [5.74, 6) is 0.383. The van der Waals surface area contributed by atoms with Crippen molar-refractivity contribution in [2.24, 2.45) is 5.73 Å². The van der Waals surface area contributed by atoms with E-state index >= 15 is 0 Å². The van der Waals surface area contributed by atoms with Gasteiger partial charge in [-0.2, -0.15) is 0 Å².